The zero-order chi connectivity index (χ0) is 23.7. The van der Waals surface area contributed by atoms with Gasteiger partial charge in [-0.05, 0) is 79.5 Å². The van der Waals surface area contributed by atoms with Gasteiger partial charge in [0.15, 0.2) is 0 Å². The van der Waals surface area contributed by atoms with Crippen LogP contribution in [0.15, 0.2) is 42.0 Å². The van der Waals surface area contributed by atoms with E-state index < -0.39 is 11.6 Å². The molecule has 0 N–H and O–H groups in total. The summed E-state index contributed by atoms with van der Waals surface area (Å²) in [6.45, 7) is 7.27. The monoisotopic (exact) mass is 478 g/mol. The number of rotatable bonds is 3. The van der Waals surface area contributed by atoms with Gasteiger partial charge in [-0.2, -0.15) is 0 Å². The molecule has 7 rings (SSSR count). The Labute approximate surface area is 208 Å². The first kappa shape index (κ1) is 22.5. The minimum Gasteiger partial charge on any atom is -0.494 e. The summed E-state index contributed by atoms with van der Waals surface area (Å²) in [5.74, 6) is 1.29. The normalized spacial score (nSPS) is 44.1. The summed E-state index contributed by atoms with van der Waals surface area (Å²) in [5, 5.41) is 0. The van der Waals surface area contributed by atoms with Crippen LogP contribution in [0.2, 0.25) is 0 Å². The highest BCUT2D eigenvalue weighted by Crippen LogP contribution is 2.70. The summed E-state index contributed by atoms with van der Waals surface area (Å²) in [6, 6.07) is 8.77. The van der Waals surface area contributed by atoms with Crippen LogP contribution in [0.4, 0.5) is 0 Å². The van der Waals surface area contributed by atoms with Gasteiger partial charge in [-0.1, -0.05) is 43.2 Å². The van der Waals surface area contributed by atoms with Crippen LogP contribution in [-0.2, 0) is 18.9 Å². The molecule has 4 fully saturated rings. The summed E-state index contributed by atoms with van der Waals surface area (Å²) >= 11 is 0. The van der Waals surface area contributed by atoms with E-state index in [1.807, 2.05) is 6.92 Å². The molecule has 0 radical (unpaired) electrons. The lowest BCUT2D eigenvalue weighted by Crippen LogP contribution is -2.69. The van der Waals surface area contributed by atoms with Crippen molar-refractivity contribution in [3.8, 4) is 5.75 Å². The Morgan fingerprint density at radius 3 is 2.46 bits per heavy atom. The second-order valence-electron chi connectivity index (χ2n) is 11.5. The second kappa shape index (κ2) is 8.17. The van der Waals surface area contributed by atoms with Gasteiger partial charge in [-0.15, -0.1) is 0 Å². The maximum atomic E-state index is 6.63. The van der Waals surface area contributed by atoms with Crippen LogP contribution in [0.1, 0.15) is 57.9 Å². The van der Waals surface area contributed by atoms with Crippen molar-refractivity contribution in [1.29, 1.82) is 0 Å². The van der Waals surface area contributed by atoms with Crippen LogP contribution in [0, 0.1) is 29.1 Å². The fraction of sp³-hybridized carbons (Fsp3) is 0.667. The van der Waals surface area contributed by atoms with Crippen LogP contribution in [-0.4, -0.2) is 44.6 Å². The van der Waals surface area contributed by atoms with Gasteiger partial charge in [-0.3, -0.25) is 0 Å². The van der Waals surface area contributed by atoms with E-state index in [1.54, 1.807) is 5.57 Å². The lowest BCUT2D eigenvalue weighted by molar-refractivity contribution is -0.468. The number of ether oxygens (including phenoxy) is 5. The van der Waals surface area contributed by atoms with Crippen molar-refractivity contribution in [3.63, 3.8) is 0 Å². The van der Waals surface area contributed by atoms with Crippen LogP contribution in [0.25, 0.3) is 5.57 Å². The van der Waals surface area contributed by atoms with E-state index in [9.17, 15) is 0 Å². The molecule has 6 aliphatic rings. The van der Waals surface area contributed by atoms with Gasteiger partial charge in [-0.25, -0.2) is 0 Å². The van der Waals surface area contributed by atoms with Gasteiger partial charge in [0.25, 0.3) is 0 Å². The van der Waals surface area contributed by atoms with E-state index in [0.29, 0.717) is 56.7 Å². The summed E-state index contributed by atoms with van der Waals surface area (Å²) in [7, 11) is 0. The quantitative estimate of drug-likeness (QED) is 0.518. The number of benzene rings is 1. The fourth-order valence-corrected chi connectivity index (χ4v) is 8.72. The zero-order valence-corrected chi connectivity index (χ0v) is 21.1. The second-order valence-corrected chi connectivity index (χ2v) is 11.5. The van der Waals surface area contributed by atoms with Gasteiger partial charge in [0.05, 0.1) is 33.0 Å². The molecule has 4 aliphatic carbocycles. The molecular formula is C30H38O5. The van der Waals surface area contributed by atoms with Crippen LogP contribution >= 0.6 is 0 Å². The Morgan fingerprint density at radius 1 is 0.971 bits per heavy atom. The first-order valence-corrected chi connectivity index (χ1v) is 13.8. The molecule has 2 saturated heterocycles. The van der Waals surface area contributed by atoms with Crippen LogP contribution in [0.5, 0.6) is 5.75 Å². The van der Waals surface area contributed by atoms with Crippen molar-refractivity contribution in [2.24, 2.45) is 29.1 Å². The number of fused-ring (bicyclic) bond motifs is 5. The Balaban J connectivity index is 1.40. The SMILES string of the molecule is CCOc1ccc(C2=C[C@@]3(C)[C@@H](CC45OCCOC43OCCO5)[C@@H]3CC=C4CCCC[C@@H]4[C@@H]23)cc1. The molecule has 0 amide bonds. The van der Waals surface area contributed by atoms with Crippen molar-refractivity contribution in [1.82, 2.24) is 0 Å². The highest BCUT2D eigenvalue weighted by atomic mass is 16.8. The van der Waals surface area contributed by atoms with Crippen LogP contribution < -0.4 is 4.74 Å². The summed E-state index contributed by atoms with van der Waals surface area (Å²) in [5.41, 5.74) is 4.13. The summed E-state index contributed by atoms with van der Waals surface area (Å²) in [6.07, 6.45) is 12.3. The summed E-state index contributed by atoms with van der Waals surface area (Å²) in [4.78, 5) is 0. The van der Waals surface area contributed by atoms with Crippen LogP contribution in [0.3, 0.4) is 0 Å². The number of hydrogen-bond acceptors (Lipinski definition) is 5. The molecule has 1 aromatic rings. The average molecular weight is 479 g/mol. The third kappa shape index (κ3) is 3.02. The van der Waals surface area contributed by atoms with E-state index in [4.69, 9.17) is 23.7 Å². The van der Waals surface area contributed by atoms with Crippen molar-refractivity contribution in [3.05, 3.63) is 47.6 Å². The molecule has 35 heavy (non-hydrogen) atoms. The fourth-order valence-electron chi connectivity index (χ4n) is 8.72. The molecule has 2 heterocycles. The van der Waals surface area contributed by atoms with Gasteiger partial charge in [0.2, 0.25) is 11.6 Å². The Hall–Kier alpha value is -1.66. The predicted octanol–water partition coefficient (Wildman–Crippen LogP) is 5.75. The van der Waals surface area contributed by atoms with E-state index >= 15 is 0 Å². The van der Waals surface area contributed by atoms with Gasteiger partial charge < -0.3 is 23.7 Å². The van der Waals surface area contributed by atoms with Gasteiger partial charge in [0, 0.05) is 11.8 Å². The Kier molecular flexibility index (Phi) is 5.26. The molecule has 188 valence electrons. The molecule has 2 aliphatic heterocycles. The topological polar surface area (TPSA) is 46.2 Å². The average Bonchev–Trinajstić information content (AvgIpc) is 3.15. The van der Waals surface area contributed by atoms with Crippen molar-refractivity contribution >= 4 is 5.57 Å². The van der Waals surface area contributed by atoms with Crippen molar-refractivity contribution < 1.29 is 23.7 Å². The Bertz CT molecular complexity index is 1030. The lowest BCUT2D eigenvalue weighted by Gasteiger charge is -2.57. The highest BCUT2D eigenvalue weighted by molar-refractivity contribution is 5.72. The maximum absolute atomic E-state index is 6.63. The molecule has 5 atom stereocenters. The molecule has 0 aromatic heterocycles. The van der Waals surface area contributed by atoms with Crippen molar-refractivity contribution in [2.45, 2.75) is 63.9 Å². The first-order chi connectivity index (χ1) is 17.1. The largest absolute Gasteiger partial charge is 0.494 e. The molecular weight excluding hydrogens is 440 g/mol. The zero-order valence-electron chi connectivity index (χ0n) is 21.1. The van der Waals surface area contributed by atoms with E-state index in [2.05, 4.69) is 43.3 Å². The standard InChI is InChI=1S/C30H38O5/c1-3-31-22-11-8-21(9-12-22)25-18-28(2)26(24-13-10-20-6-4-5-7-23(20)27(24)25)19-29-30(28,34-16-14-32-29)35-17-15-33-29/h8-12,18,23-24,26-27H,3-7,13-17,19H2,1-2H3/t23-,24-,26-,27+,28-,29?,30?/m0/s1. The minimum absolute atomic E-state index is 0.330. The molecule has 5 heteroatoms. The maximum Gasteiger partial charge on any atom is 0.233 e. The molecule has 2 saturated carbocycles. The molecule has 0 unspecified atom stereocenters. The number of allylic oxidation sites excluding steroid dienone is 3. The van der Waals surface area contributed by atoms with Gasteiger partial charge >= 0.3 is 0 Å². The number of hydrogen-bond donors (Lipinski definition) is 0. The summed E-state index contributed by atoms with van der Waals surface area (Å²) < 4.78 is 32.0. The molecule has 0 spiro atoms. The molecule has 1 aromatic carbocycles. The van der Waals surface area contributed by atoms with Crippen molar-refractivity contribution in [2.75, 3.05) is 33.0 Å². The minimum atomic E-state index is -0.890. The third-order valence-corrected chi connectivity index (χ3v) is 10.0. The van der Waals surface area contributed by atoms with E-state index in [-0.39, 0.29) is 5.41 Å². The first-order valence-electron chi connectivity index (χ1n) is 13.8. The van der Waals surface area contributed by atoms with E-state index in [0.717, 1.165) is 18.6 Å². The van der Waals surface area contributed by atoms with E-state index in [1.165, 1.54) is 36.8 Å². The van der Waals surface area contributed by atoms with Gasteiger partial charge in [0.1, 0.15) is 5.75 Å². The predicted molar refractivity (Wildman–Crippen MR) is 133 cm³/mol. The lowest BCUT2D eigenvalue weighted by atomic mass is 9.52. The molecule has 0 bridgehead atoms. The molecule has 5 nitrogen and oxygen atoms in total. The smallest absolute Gasteiger partial charge is 0.233 e. The Morgan fingerprint density at radius 2 is 1.71 bits per heavy atom. The third-order valence-electron chi connectivity index (χ3n) is 10.0. The highest BCUT2D eigenvalue weighted by Gasteiger charge is 2.78.